The van der Waals surface area contributed by atoms with E-state index in [1.54, 1.807) is 0 Å². The smallest absolute Gasteiger partial charge is 0.263 e. The number of nitrogens with zero attached hydrogens (tertiary/aromatic N) is 1. The van der Waals surface area contributed by atoms with Gasteiger partial charge in [0.1, 0.15) is 22.2 Å². The molecule has 26 heavy (non-hydrogen) atoms. The molecule has 0 aliphatic heterocycles. The number of hydrogen-bond donors (Lipinski definition) is 1. The van der Waals surface area contributed by atoms with Gasteiger partial charge in [-0.3, -0.25) is 4.79 Å². The summed E-state index contributed by atoms with van der Waals surface area (Å²) >= 11 is 1.42. The molecule has 2 aromatic carbocycles. The molecular weight excluding hydrogens is 344 g/mol. The molecule has 0 fully saturated rings. The summed E-state index contributed by atoms with van der Waals surface area (Å²) in [5, 5.41) is 3.77. The zero-order valence-electron chi connectivity index (χ0n) is 15.2. The van der Waals surface area contributed by atoms with Gasteiger partial charge in [-0.2, -0.15) is 0 Å². The fourth-order valence-corrected chi connectivity index (χ4v) is 3.73. The highest BCUT2D eigenvalue weighted by molar-refractivity contribution is 7.17. The van der Waals surface area contributed by atoms with Crippen LogP contribution in [0.4, 0.5) is 0 Å². The molecule has 3 rings (SSSR count). The van der Waals surface area contributed by atoms with E-state index in [0.717, 1.165) is 33.1 Å². The van der Waals surface area contributed by atoms with Gasteiger partial charge >= 0.3 is 0 Å². The van der Waals surface area contributed by atoms with Crippen molar-refractivity contribution in [3.63, 3.8) is 0 Å². The lowest BCUT2D eigenvalue weighted by Crippen LogP contribution is -2.27. The van der Waals surface area contributed by atoms with E-state index in [9.17, 15) is 4.79 Å². The minimum atomic E-state index is -0.105. The largest absolute Gasteiger partial charge is 0.492 e. The third-order valence-corrected chi connectivity index (χ3v) is 5.08. The van der Waals surface area contributed by atoms with Crippen LogP contribution in [0.2, 0.25) is 0 Å². The summed E-state index contributed by atoms with van der Waals surface area (Å²) in [6, 6.07) is 16.0. The molecule has 134 valence electrons. The standard InChI is InChI=1S/C21H22N2O2S/c1-14-11-15(2)13-18(12-14)25-10-9-22-20(24)19-16(3)23-21(26-19)17-7-5-4-6-8-17/h4-8,11-13H,9-10H2,1-3H3,(H,22,24). The van der Waals surface area contributed by atoms with Crippen LogP contribution < -0.4 is 10.1 Å². The van der Waals surface area contributed by atoms with Crippen molar-refractivity contribution in [2.24, 2.45) is 0 Å². The highest BCUT2D eigenvalue weighted by atomic mass is 32.1. The molecule has 3 aromatic rings. The molecular formula is C21H22N2O2S. The predicted octanol–water partition coefficient (Wildman–Crippen LogP) is 4.54. The molecule has 0 unspecified atom stereocenters. The first kappa shape index (κ1) is 18.1. The summed E-state index contributed by atoms with van der Waals surface area (Å²) in [5.74, 6) is 0.725. The number of hydrogen-bond acceptors (Lipinski definition) is 4. The molecule has 4 nitrogen and oxygen atoms in total. The van der Waals surface area contributed by atoms with Gasteiger partial charge in [-0.15, -0.1) is 11.3 Å². The average Bonchev–Trinajstić information content (AvgIpc) is 3.00. The second-order valence-electron chi connectivity index (χ2n) is 6.23. The fraction of sp³-hybridized carbons (Fsp3) is 0.238. The van der Waals surface area contributed by atoms with Crippen molar-refractivity contribution < 1.29 is 9.53 Å². The molecule has 0 aliphatic carbocycles. The Morgan fingerprint density at radius 3 is 2.46 bits per heavy atom. The molecule has 1 N–H and O–H groups in total. The lowest BCUT2D eigenvalue weighted by Gasteiger charge is -2.09. The zero-order valence-corrected chi connectivity index (χ0v) is 16.0. The highest BCUT2D eigenvalue weighted by Gasteiger charge is 2.15. The highest BCUT2D eigenvalue weighted by Crippen LogP contribution is 2.27. The maximum atomic E-state index is 12.4. The van der Waals surface area contributed by atoms with Crippen LogP contribution in [0.1, 0.15) is 26.5 Å². The van der Waals surface area contributed by atoms with Crippen molar-refractivity contribution in [3.05, 3.63) is 70.2 Å². The molecule has 1 heterocycles. The van der Waals surface area contributed by atoms with Crippen LogP contribution in [0.15, 0.2) is 48.5 Å². The normalized spacial score (nSPS) is 10.6. The van der Waals surface area contributed by atoms with Crippen molar-refractivity contribution in [2.45, 2.75) is 20.8 Å². The van der Waals surface area contributed by atoms with Gasteiger partial charge in [0, 0.05) is 5.56 Å². The number of aromatic nitrogens is 1. The predicted molar refractivity (Wildman–Crippen MR) is 106 cm³/mol. The molecule has 1 amide bonds. The van der Waals surface area contributed by atoms with Crippen molar-refractivity contribution >= 4 is 17.2 Å². The van der Waals surface area contributed by atoms with Crippen LogP contribution in [-0.4, -0.2) is 24.0 Å². The van der Waals surface area contributed by atoms with Crippen molar-refractivity contribution in [1.29, 1.82) is 0 Å². The third-order valence-electron chi connectivity index (χ3n) is 3.88. The minimum Gasteiger partial charge on any atom is -0.492 e. The Morgan fingerprint density at radius 1 is 1.08 bits per heavy atom. The first-order valence-electron chi connectivity index (χ1n) is 8.55. The summed E-state index contributed by atoms with van der Waals surface area (Å²) in [5.41, 5.74) is 4.11. The number of aryl methyl sites for hydroxylation is 3. The molecule has 5 heteroatoms. The van der Waals surface area contributed by atoms with E-state index in [0.29, 0.717) is 18.0 Å². The summed E-state index contributed by atoms with van der Waals surface area (Å²) in [7, 11) is 0. The maximum Gasteiger partial charge on any atom is 0.263 e. The second-order valence-corrected chi connectivity index (χ2v) is 7.23. The van der Waals surface area contributed by atoms with Crippen LogP contribution in [0.5, 0.6) is 5.75 Å². The van der Waals surface area contributed by atoms with E-state index in [-0.39, 0.29) is 5.91 Å². The van der Waals surface area contributed by atoms with Gasteiger partial charge in [-0.25, -0.2) is 4.98 Å². The minimum absolute atomic E-state index is 0.105. The molecule has 0 aliphatic rings. The van der Waals surface area contributed by atoms with Crippen LogP contribution in [0.25, 0.3) is 10.6 Å². The van der Waals surface area contributed by atoms with E-state index in [1.807, 2.05) is 63.2 Å². The molecule has 0 bridgehead atoms. The Kier molecular flexibility index (Phi) is 5.68. The first-order valence-corrected chi connectivity index (χ1v) is 9.37. The SMILES string of the molecule is Cc1cc(C)cc(OCCNC(=O)c2sc(-c3ccccc3)nc2C)c1. The van der Waals surface area contributed by atoms with Crippen molar-refractivity contribution in [3.8, 4) is 16.3 Å². The first-order chi connectivity index (χ1) is 12.5. The Balaban J connectivity index is 1.56. The number of carbonyl (C=O) groups is 1. The number of thiazole rings is 1. The summed E-state index contributed by atoms with van der Waals surface area (Å²) in [4.78, 5) is 17.6. The number of ether oxygens (including phenoxy) is 1. The van der Waals surface area contributed by atoms with Crippen LogP contribution in [0.3, 0.4) is 0 Å². The Labute approximate surface area is 157 Å². The van der Waals surface area contributed by atoms with Crippen LogP contribution in [-0.2, 0) is 0 Å². The fourth-order valence-electron chi connectivity index (χ4n) is 2.74. The summed E-state index contributed by atoms with van der Waals surface area (Å²) in [6.45, 7) is 6.82. The van der Waals surface area contributed by atoms with E-state index < -0.39 is 0 Å². The molecule has 0 spiro atoms. The van der Waals surface area contributed by atoms with Crippen molar-refractivity contribution in [2.75, 3.05) is 13.2 Å². The lowest BCUT2D eigenvalue weighted by molar-refractivity contribution is 0.0950. The molecule has 0 atom stereocenters. The van der Waals surface area contributed by atoms with Gasteiger partial charge in [-0.05, 0) is 44.0 Å². The molecule has 0 saturated carbocycles. The second kappa shape index (κ2) is 8.15. The summed E-state index contributed by atoms with van der Waals surface area (Å²) in [6.07, 6.45) is 0. The average molecular weight is 366 g/mol. The van der Waals surface area contributed by atoms with E-state index in [1.165, 1.54) is 11.3 Å². The van der Waals surface area contributed by atoms with Gasteiger partial charge in [0.15, 0.2) is 0 Å². The molecule has 0 radical (unpaired) electrons. The number of rotatable bonds is 6. The monoisotopic (exact) mass is 366 g/mol. The summed E-state index contributed by atoms with van der Waals surface area (Å²) < 4.78 is 5.73. The van der Waals surface area contributed by atoms with Crippen LogP contribution in [0, 0.1) is 20.8 Å². The lowest BCUT2D eigenvalue weighted by atomic mass is 10.1. The number of carbonyl (C=O) groups excluding carboxylic acids is 1. The third kappa shape index (κ3) is 4.49. The van der Waals surface area contributed by atoms with Crippen LogP contribution >= 0.6 is 11.3 Å². The quantitative estimate of drug-likeness (QED) is 0.652. The van der Waals surface area contributed by atoms with E-state index in [2.05, 4.69) is 16.4 Å². The van der Waals surface area contributed by atoms with Gasteiger partial charge in [0.2, 0.25) is 0 Å². The van der Waals surface area contributed by atoms with E-state index >= 15 is 0 Å². The number of nitrogens with one attached hydrogen (secondary N) is 1. The van der Waals surface area contributed by atoms with Gasteiger partial charge in [0.05, 0.1) is 12.2 Å². The van der Waals surface area contributed by atoms with Gasteiger partial charge in [-0.1, -0.05) is 36.4 Å². The van der Waals surface area contributed by atoms with Gasteiger partial charge in [0.25, 0.3) is 5.91 Å². The number of amides is 1. The number of benzene rings is 2. The Morgan fingerprint density at radius 2 is 1.77 bits per heavy atom. The zero-order chi connectivity index (χ0) is 18.5. The Bertz CT molecular complexity index is 883. The Hall–Kier alpha value is -2.66. The van der Waals surface area contributed by atoms with E-state index in [4.69, 9.17) is 4.74 Å². The van der Waals surface area contributed by atoms with Gasteiger partial charge < -0.3 is 10.1 Å². The molecule has 1 aromatic heterocycles. The topological polar surface area (TPSA) is 51.2 Å². The van der Waals surface area contributed by atoms with Crippen molar-refractivity contribution in [1.82, 2.24) is 10.3 Å². The molecule has 0 saturated heterocycles. The maximum absolute atomic E-state index is 12.4.